The number of thiophene rings is 1. The summed E-state index contributed by atoms with van der Waals surface area (Å²) in [5, 5.41) is 5.28. The third kappa shape index (κ3) is 5.38. The number of carbonyl (C=O) groups is 1. The van der Waals surface area contributed by atoms with Crippen molar-refractivity contribution in [1.82, 2.24) is 20.2 Å². The van der Waals surface area contributed by atoms with E-state index in [0.29, 0.717) is 28.3 Å². The molecule has 0 radical (unpaired) electrons. The molecule has 1 aromatic carbocycles. The van der Waals surface area contributed by atoms with E-state index in [1.54, 1.807) is 6.26 Å². The number of furan rings is 1. The molecule has 33 heavy (non-hydrogen) atoms. The Morgan fingerprint density at radius 3 is 2.73 bits per heavy atom. The summed E-state index contributed by atoms with van der Waals surface area (Å²) in [5.41, 5.74) is 1.73. The predicted octanol–water partition coefficient (Wildman–Crippen LogP) is 4.29. The minimum Gasteiger partial charge on any atom is -0.468 e. The molecule has 2 N–H and O–H groups in total. The second-order valence-corrected chi connectivity index (χ2v) is 10.1. The fourth-order valence-corrected chi connectivity index (χ4v) is 5.28. The predicted molar refractivity (Wildman–Crippen MR) is 135 cm³/mol. The molecule has 0 unspecified atom stereocenters. The molecule has 3 aromatic heterocycles. The highest BCUT2D eigenvalue weighted by molar-refractivity contribution is 7.99. The number of fused-ring (bicyclic) bond motifs is 1. The first-order valence-corrected chi connectivity index (χ1v) is 12.5. The van der Waals surface area contributed by atoms with Gasteiger partial charge in [0.1, 0.15) is 16.4 Å². The van der Waals surface area contributed by atoms with Gasteiger partial charge in [-0.2, -0.15) is 0 Å². The van der Waals surface area contributed by atoms with Gasteiger partial charge in [0.25, 0.3) is 5.56 Å². The molecule has 7 nitrogen and oxygen atoms in total. The maximum atomic E-state index is 12.8. The molecule has 4 aromatic rings. The molecular weight excluding hydrogens is 456 g/mol. The summed E-state index contributed by atoms with van der Waals surface area (Å²) >= 11 is 2.90. The number of amides is 1. The highest BCUT2D eigenvalue weighted by Crippen LogP contribution is 2.30. The second-order valence-electron chi connectivity index (χ2n) is 7.90. The van der Waals surface area contributed by atoms with Gasteiger partial charge < -0.3 is 14.7 Å². The summed E-state index contributed by atoms with van der Waals surface area (Å²) in [6.07, 6.45) is 1.63. The van der Waals surface area contributed by atoms with Crippen LogP contribution in [0.1, 0.15) is 24.6 Å². The van der Waals surface area contributed by atoms with Gasteiger partial charge in [0.15, 0.2) is 0 Å². The van der Waals surface area contributed by atoms with E-state index >= 15 is 0 Å². The zero-order chi connectivity index (χ0) is 23.4. The van der Waals surface area contributed by atoms with Gasteiger partial charge in [0, 0.05) is 17.5 Å². The molecule has 0 bridgehead atoms. The Morgan fingerprint density at radius 1 is 1.24 bits per heavy atom. The first-order chi connectivity index (χ1) is 15.9. The molecule has 172 valence electrons. The van der Waals surface area contributed by atoms with Crippen LogP contribution in [0.5, 0.6) is 0 Å². The fourth-order valence-electron chi connectivity index (χ4n) is 3.53. The molecule has 0 saturated heterocycles. The number of benzene rings is 1. The molecule has 1 amide bonds. The van der Waals surface area contributed by atoms with Crippen molar-refractivity contribution in [3.05, 3.63) is 76.0 Å². The minimum atomic E-state index is -0.298. The molecule has 0 aliphatic rings. The van der Waals surface area contributed by atoms with Crippen LogP contribution < -0.4 is 10.9 Å². The Labute approximate surface area is 200 Å². The molecule has 0 aliphatic heterocycles. The Morgan fingerprint density at radius 2 is 2.03 bits per heavy atom. The van der Waals surface area contributed by atoms with Crippen molar-refractivity contribution in [2.45, 2.75) is 24.0 Å². The normalized spacial score (nSPS) is 13.3. The monoisotopic (exact) mass is 482 g/mol. The number of carbonyl (C=O) groups excluding carboxylic acids is 1. The van der Waals surface area contributed by atoms with Crippen molar-refractivity contribution in [3.8, 4) is 11.1 Å². The van der Waals surface area contributed by atoms with Gasteiger partial charge in [-0.15, -0.1) is 23.1 Å². The fraction of sp³-hybridized carbons (Fsp3) is 0.292. The van der Waals surface area contributed by atoms with Crippen LogP contribution in [0.15, 0.2) is 63.3 Å². The number of thioether (sulfide) groups is 1. The first kappa shape index (κ1) is 23.3. The van der Waals surface area contributed by atoms with E-state index in [1.165, 1.54) is 23.1 Å². The zero-order valence-corrected chi connectivity index (χ0v) is 20.3. The number of H-pyrrole nitrogens is 1. The standard InChI is InChI=1S/C24H26N4O3S2/c1-15(22(29)25-12-18(28(2)3)19-10-7-11-31-19)32-14-20-26-23(30)21-17(13-33-24(21)27-20)16-8-5-4-6-9-16/h4-11,13,15,18H,12,14H2,1-3H3,(H,25,29)(H,26,27,30)/t15-,18-/m1/s1. The average Bonchev–Trinajstić information content (AvgIpc) is 3.48. The average molecular weight is 483 g/mol. The van der Waals surface area contributed by atoms with E-state index < -0.39 is 0 Å². The second kappa shape index (κ2) is 10.4. The van der Waals surface area contributed by atoms with Crippen molar-refractivity contribution < 1.29 is 9.21 Å². The number of aromatic nitrogens is 2. The first-order valence-electron chi connectivity index (χ1n) is 10.6. The third-order valence-electron chi connectivity index (χ3n) is 5.38. The van der Waals surface area contributed by atoms with Crippen LogP contribution in [-0.4, -0.2) is 46.7 Å². The van der Waals surface area contributed by atoms with Crippen molar-refractivity contribution in [1.29, 1.82) is 0 Å². The smallest absolute Gasteiger partial charge is 0.260 e. The van der Waals surface area contributed by atoms with Gasteiger partial charge in [0.05, 0.1) is 28.7 Å². The molecule has 3 heterocycles. The molecule has 2 atom stereocenters. The third-order valence-corrected chi connectivity index (χ3v) is 7.41. The van der Waals surface area contributed by atoms with Crippen LogP contribution >= 0.6 is 23.1 Å². The van der Waals surface area contributed by atoms with E-state index in [1.807, 2.05) is 73.8 Å². The SMILES string of the molecule is C[C@@H](SCc1nc2scc(-c3ccccc3)c2c(=O)[nH]1)C(=O)NC[C@H](c1ccco1)N(C)C. The quantitative estimate of drug-likeness (QED) is 0.370. The summed E-state index contributed by atoms with van der Waals surface area (Å²) < 4.78 is 5.49. The molecule has 0 fully saturated rings. The Balaban J connectivity index is 1.39. The number of nitrogens with one attached hydrogen (secondary N) is 2. The molecule has 0 spiro atoms. The summed E-state index contributed by atoms with van der Waals surface area (Å²) in [5.74, 6) is 1.75. The highest BCUT2D eigenvalue weighted by atomic mass is 32.2. The van der Waals surface area contributed by atoms with Crippen LogP contribution in [0.3, 0.4) is 0 Å². The van der Waals surface area contributed by atoms with Crippen LogP contribution in [0.2, 0.25) is 0 Å². The van der Waals surface area contributed by atoms with E-state index in [0.717, 1.165) is 16.9 Å². The van der Waals surface area contributed by atoms with Crippen LogP contribution in [0.25, 0.3) is 21.3 Å². The number of nitrogens with zero attached hydrogens (tertiary/aromatic N) is 2. The van der Waals surface area contributed by atoms with Crippen molar-refractivity contribution >= 4 is 39.2 Å². The number of hydrogen-bond acceptors (Lipinski definition) is 7. The summed E-state index contributed by atoms with van der Waals surface area (Å²) in [7, 11) is 3.90. The van der Waals surface area contributed by atoms with Gasteiger partial charge in [0.2, 0.25) is 5.91 Å². The molecule has 4 rings (SSSR count). The highest BCUT2D eigenvalue weighted by Gasteiger charge is 2.21. The van der Waals surface area contributed by atoms with Crippen LogP contribution in [-0.2, 0) is 10.5 Å². The topological polar surface area (TPSA) is 91.2 Å². The van der Waals surface area contributed by atoms with Gasteiger partial charge in [-0.1, -0.05) is 30.3 Å². The summed E-state index contributed by atoms with van der Waals surface area (Å²) in [4.78, 5) is 35.7. The van der Waals surface area contributed by atoms with E-state index in [9.17, 15) is 9.59 Å². The lowest BCUT2D eigenvalue weighted by atomic mass is 10.1. The van der Waals surface area contributed by atoms with Gasteiger partial charge in [-0.3, -0.25) is 14.5 Å². The van der Waals surface area contributed by atoms with Crippen molar-refractivity contribution in [2.75, 3.05) is 20.6 Å². The number of likely N-dealkylation sites (N-methyl/N-ethyl adjacent to an activating group) is 1. The maximum Gasteiger partial charge on any atom is 0.260 e. The Kier molecular flexibility index (Phi) is 7.32. The lowest BCUT2D eigenvalue weighted by molar-refractivity contribution is -0.120. The number of hydrogen-bond donors (Lipinski definition) is 2. The van der Waals surface area contributed by atoms with E-state index in [-0.39, 0.29) is 22.8 Å². The van der Waals surface area contributed by atoms with Gasteiger partial charge in [-0.25, -0.2) is 4.98 Å². The van der Waals surface area contributed by atoms with Gasteiger partial charge >= 0.3 is 0 Å². The maximum absolute atomic E-state index is 12.8. The number of aromatic amines is 1. The van der Waals surface area contributed by atoms with E-state index in [4.69, 9.17) is 4.42 Å². The van der Waals surface area contributed by atoms with E-state index in [2.05, 4.69) is 15.3 Å². The lowest BCUT2D eigenvalue weighted by Crippen LogP contribution is -2.38. The summed E-state index contributed by atoms with van der Waals surface area (Å²) in [6.45, 7) is 2.30. The minimum absolute atomic E-state index is 0.0424. The Bertz CT molecular complexity index is 1270. The van der Waals surface area contributed by atoms with Crippen LogP contribution in [0.4, 0.5) is 0 Å². The largest absolute Gasteiger partial charge is 0.468 e. The summed E-state index contributed by atoms with van der Waals surface area (Å²) in [6, 6.07) is 13.5. The van der Waals surface area contributed by atoms with Crippen molar-refractivity contribution in [2.24, 2.45) is 0 Å². The van der Waals surface area contributed by atoms with Crippen LogP contribution in [0, 0.1) is 0 Å². The van der Waals surface area contributed by atoms with Crippen molar-refractivity contribution in [3.63, 3.8) is 0 Å². The Hall–Kier alpha value is -2.88. The molecule has 0 saturated carbocycles. The lowest BCUT2D eigenvalue weighted by Gasteiger charge is -2.23. The molecule has 0 aliphatic carbocycles. The zero-order valence-electron chi connectivity index (χ0n) is 18.7. The molecular formula is C24H26N4O3S2. The number of rotatable bonds is 9. The molecule has 9 heteroatoms. The van der Waals surface area contributed by atoms with Gasteiger partial charge in [-0.05, 0) is 38.7 Å².